The number of benzene rings is 1. The van der Waals surface area contributed by atoms with Gasteiger partial charge in [-0.05, 0) is 40.9 Å². The lowest BCUT2D eigenvalue weighted by Gasteiger charge is -2.34. The van der Waals surface area contributed by atoms with E-state index in [4.69, 9.17) is 22.1 Å². The Bertz CT molecular complexity index is 394. The highest BCUT2D eigenvalue weighted by Crippen LogP contribution is 2.38. The Kier molecular flexibility index (Phi) is 3.62. The average molecular weight is 306 g/mol. The van der Waals surface area contributed by atoms with Crippen LogP contribution in [0.5, 0.6) is 5.75 Å². The van der Waals surface area contributed by atoms with Crippen LogP contribution in [-0.2, 0) is 0 Å². The first-order chi connectivity index (χ1) is 7.60. The zero-order valence-electron chi connectivity index (χ0n) is 8.97. The first-order valence-corrected chi connectivity index (χ1v) is 6.32. The molecule has 0 radical (unpaired) electrons. The summed E-state index contributed by atoms with van der Waals surface area (Å²) in [4.78, 5) is 0. The zero-order valence-corrected chi connectivity index (χ0v) is 11.3. The van der Waals surface area contributed by atoms with Gasteiger partial charge in [-0.15, -0.1) is 0 Å². The molecule has 1 aliphatic carbocycles. The second-order valence-electron chi connectivity index (χ2n) is 4.04. The van der Waals surface area contributed by atoms with Crippen molar-refractivity contribution in [2.75, 3.05) is 12.4 Å². The van der Waals surface area contributed by atoms with Gasteiger partial charge >= 0.3 is 0 Å². The molecular formula is C11H14BrClN2O. The average Bonchev–Trinajstić information content (AvgIpc) is 2.14. The van der Waals surface area contributed by atoms with Crippen LogP contribution < -0.4 is 15.8 Å². The first kappa shape index (κ1) is 12.0. The van der Waals surface area contributed by atoms with E-state index in [1.807, 2.05) is 12.1 Å². The maximum atomic E-state index is 6.00. The van der Waals surface area contributed by atoms with E-state index in [0.29, 0.717) is 17.1 Å². The van der Waals surface area contributed by atoms with Crippen LogP contribution in [0.2, 0.25) is 5.02 Å². The Morgan fingerprint density at radius 3 is 2.75 bits per heavy atom. The SMILES string of the molecule is COc1c(Br)cc(Cl)cc1NC1CC(N)C1. The largest absolute Gasteiger partial charge is 0.493 e. The van der Waals surface area contributed by atoms with E-state index < -0.39 is 0 Å². The molecule has 0 heterocycles. The van der Waals surface area contributed by atoms with Gasteiger partial charge < -0.3 is 15.8 Å². The van der Waals surface area contributed by atoms with Crippen molar-refractivity contribution in [1.82, 2.24) is 0 Å². The van der Waals surface area contributed by atoms with Gasteiger partial charge in [0.1, 0.15) is 0 Å². The van der Waals surface area contributed by atoms with Crippen LogP contribution in [0.3, 0.4) is 0 Å². The van der Waals surface area contributed by atoms with Gasteiger partial charge in [-0.3, -0.25) is 0 Å². The zero-order chi connectivity index (χ0) is 11.7. The molecule has 1 aliphatic rings. The van der Waals surface area contributed by atoms with E-state index in [1.54, 1.807) is 7.11 Å². The minimum atomic E-state index is 0.325. The highest BCUT2D eigenvalue weighted by molar-refractivity contribution is 9.10. The molecule has 0 amide bonds. The standard InChI is InChI=1S/C11H14BrClN2O/c1-16-11-9(12)2-6(13)3-10(11)15-8-4-7(14)5-8/h2-3,7-8,15H,4-5,14H2,1H3. The van der Waals surface area contributed by atoms with Gasteiger partial charge in [-0.25, -0.2) is 0 Å². The third kappa shape index (κ3) is 2.44. The molecule has 0 spiro atoms. The summed E-state index contributed by atoms with van der Waals surface area (Å²) in [6.07, 6.45) is 1.99. The Morgan fingerprint density at radius 1 is 1.50 bits per heavy atom. The fraction of sp³-hybridized carbons (Fsp3) is 0.455. The number of ether oxygens (including phenoxy) is 1. The number of methoxy groups -OCH3 is 1. The van der Waals surface area contributed by atoms with Crippen LogP contribution in [0.4, 0.5) is 5.69 Å². The fourth-order valence-electron chi connectivity index (χ4n) is 1.87. The smallest absolute Gasteiger partial charge is 0.156 e. The van der Waals surface area contributed by atoms with Crippen molar-refractivity contribution in [2.45, 2.75) is 24.9 Å². The molecule has 0 aromatic heterocycles. The van der Waals surface area contributed by atoms with Gasteiger partial charge in [-0.2, -0.15) is 0 Å². The molecule has 3 N–H and O–H groups in total. The van der Waals surface area contributed by atoms with Crippen LogP contribution >= 0.6 is 27.5 Å². The number of nitrogens with one attached hydrogen (secondary N) is 1. The highest BCUT2D eigenvalue weighted by atomic mass is 79.9. The molecule has 0 atom stereocenters. The van der Waals surface area contributed by atoms with Crippen LogP contribution in [0.25, 0.3) is 0 Å². The molecular weight excluding hydrogens is 291 g/mol. The van der Waals surface area contributed by atoms with Crippen molar-refractivity contribution in [3.05, 3.63) is 21.6 Å². The number of nitrogens with two attached hydrogens (primary N) is 1. The lowest BCUT2D eigenvalue weighted by atomic mass is 9.87. The fourth-order valence-corrected chi connectivity index (χ4v) is 2.85. The third-order valence-electron chi connectivity index (χ3n) is 2.75. The van der Waals surface area contributed by atoms with Gasteiger partial charge in [0.05, 0.1) is 17.3 Å². The molecule has 5 heteroatoms. The number of rotatable bonds is 3. The van der Waals surface area contributed by atoms with Crippen molar-refractivity contribution >= 4 is 33.2 Å². The summed E-state index contributed by atoms with van der Waals surface area (Å²) in [5.74, 6) is 0.782. The summed E-state index contributed by atoms with van der Waals surface area (Å²) in [5, 5.41) is 4.07. The summed E-state index contributed by atoms with van der Waals surface area (Å²) in [5.41, 5.74) is 6.66. The minimum absolute atomic E-state index is 0.325. The number of halogens is 2. The maximum Gasteiger partial charge on any atom is 0.156 e. The summed E-state index contributed by atoms with van der Waals surface area (Å²) >= 11 is 9.43. The summed E-state index contributed by atoms with van der Waals surface area (Å²) in [7, 11) is 1.64. The molecule has 3 nitrogen and oxygen atoms in total. The minimum Gasteiger partial charge on any atom is -0.493 e. The normalized spacial score (nSPS) is 23.8. The van der Waals surface area contributed by atoms with E-state index in [1.165, 1.54) is 0 Å². The Balaban J connectivity index is 2.18. The van der Waals surface area contributed by atoms with Gasteiger partial charge in [0.2, 0.25) is 0 Å². The lowest BCUT2D eigenvalue weighted by Crippen LogP contribution is -2.44. The van der Waals surface area contributed by atoms with Crippen molar-refractivity contribution in [3.63, 3.8) is 0 Å². The molecule has 0 bridgehead atoms. The molecule has 88 valence electrons. The maximum absolute atomic E-state index is 6.00. The van der Waals surface area contributed by atoms with E-state index in [0.717, 1.165) is 28.8 Å². The van der Waals surface area contributed by atoms with Crippen LogP contribution in [-0.4, -0.2) is 19.2 Å². The summed E-state index contributed by atoms with van der Waals surface area (Å²) < 4.78 is 6.18. The van der Waals surface area contributed by atoms with Crippen molar-refractivity contribution in [3.8, 4) is 5.75 Å². The van der Waals surface area contributed by atoms with Crippen molar-refractivity contribution in [1.29, 1.82) is 0 Å². The van der Waals surface area contributed by atoms with Crippen LogP contribution in [0.15, 0.2) is 16.6 Å². The number of hydrogen-bond acceptors (Lipinski definition) is 3. The number of anilines is 1. The van der Waals surface area contributed by atoms with Crippen LogP contribution in [0, 0.1) is 0 Å². The van der Waals surface area contributed by atoms with E-state index >= 15 is 0 Å². The highest BCUT2D eigenvalue weighted by Gasteiger charge is 2.26. The Labute approximate surface area is 108 Å². The van der Waals surface area contributed by atoms with E-state index in [9.17, 15) is 0 Å². The van der Waals surface area contributed by atoms with Gasteiger partial charge in [-0.1, -0.05) is 11.6 Å². The van der Waals surface area contributed by atoms with Gasteiger partial charge in [0, 0.05) is 17.1 Å². The topological polar surface area (TPSA) is 47.3 Å². The monoisotopic (exact) mass is 304 g/mol. The molecule has 1 aromatic rings. The Morgan fingerprint density at radius 2 is 2.19 bits per heavy atom. The molecule has 0 unspecified atom stereocenters. The van der Waals surface area contributed by atoms with E-state index in [-0.39, 0.29) is 0 Å². The van der Waals surface area contributed by atoms with Crippen molar-refractivity contribution < 1.29 is 4.74 Å². The summed E-state index contributed by atoms with van der Waals surface area (Å²) in [6.45, 7) is 0. The Hall–Kier alpha value is -0.450. The molecule has 1 aromatic carbocycles. The molecule has 1 saturated carbocycles. The molecule has 1 fully saturated rings. The predicted octanol–water partition coefficient (Wildman–Crippen LogP) is 3.01. The third-order valence-corrected chi connectivity index (χ3v) is 3.55. The second kappa shape index (κ2) is 4.82. The lowest BCUT2D eigenvalue weighted by molar-refractivity contribution is 0.369. The molecule has 0 aliphatic heterocycles. The quantitative estimate of drug-likeness (QED) is 0.902. The molecule has 0 saturated heterocycles. The van der Waals surface area contributed by atoms with Gasteiger partial charge in [0.15, 0.2) is 5.75 Å². The first-order valence-electron chi connectivity index (χ1n) is 5.15. The van der Waals surface area contributed by atoms with Gasteiger partial charge in [0.25, 0.3) is 0 Å². The second-order valence-corrected chi connectivity index (χ2v) is 5.33. The van der Waals surface area contributed by atoms with Crippen LogP contribution in [0.1, 0.15) is 12.8 Å². The molecule has 2 rings (SSSR count). The predicted molar refractivity (Wildman–Crippen MR) is 70.3 cm³/mol. The number of hydrogen-bond donors (Lipinski definition) is 2. The van der Waals surface area contributed by atoms with Crippen molar-refractivity contribution in [2.24, 2.45) is 5.73 Å². The molecule has 16 heavy (non-hydrogen) atoms. The summed E-state index contributed by atoms with van der Waals surface area (Å²) in [6, 6.07) is 4.44. The van der Waals surface area contributed by atoms with E-state index in [2.05, 4.69) is 21.2 Å².